The second-order valence-electron chi connectivity index (χ2n) is 6.95. The molecule has 0 atom stereocenters. The number of ether oxygens (including phenoxy) is 4. The number of hydrogen-bond acceptors (Lipinski definition) is 7. The molecule has 1 N–H and O–H groups in total. The van der Waals surface area contributed by atoms with Crippen molar-refractivity contribution in [3.05, 3.63) is 35.5 Å². The molecule has 1 aromatic rings. The SMILES string of the molecule is CCOC(=O)C(=O)N/C(COc1ccc(OC)cc1)=C(\CC)C(=O)OC(C)(C)C. The number of nitrogens with one attached hydrogen (secondary N) is 1. The monoisotopic (exact) mass is 407 g/mol. The Morgan fingerprint density at radius 3 is 2.03 bits per heavy atom. The van der Waals surface area contributed by atoms with Crippen molar-refractivity contribution in [3.8, 4) is 11.5 Å². The van der Waals surface area contributed by atoms with E-state index in [9.17, 15) is 14.4 Å². The van der Waals surface area contributed by atoms with Crippen molar-refractivity contribution >= 4 is 17.8 Å². The normalized spacial score (nSPS) is 11.8. The van der Waals surface area contributed by atoms with Crippen molar-refractivity contribution in [1.82, 2.24) is 5.32 Å². The first-order valence-electron chi connectivity index (χ1n) is 9.31. The fraction of sp³-hybridized carbons (Fsp3) is 0.476. The van der Waals surface area contributed by atoms with Gasteiger partial charge in [-0.1, -0.05) is 6.92 Å². The van der Waals surface area contributed by atoms with E-state index < -0.39 is 23.4 Å². The molecule has 0 spiro atoms. The van der Waals surface area contributed by atoms with Crippen molar-refractivity contribution in [3.63, 3.8) is 0 Å². The van der Waals surface area contributed by atoms with Crippen LogP contribution in [-0.2, 0) is 23.9 Å². The molecule has 160 valence electrons. The van der Waals surface area contributed by atoms with Gasteiger partial charge in [0.05, 0.1) is 25.0 Å². The van der Waals surface area contributed by atoms with Crippen LogP contribution in [-0.4, -0.2) is 43.8 Å². The Labute approximate surface area is 171 Å². The van der Waals surface area contributed by atoms with Gasteiger partial charge in [0.1, 0.15) is 23.7 Å². The molecule has 0 saturated carbocycles. The molecule has 29 heavy (non-hydrogen) atoms. The fourth-order valence-electron chi connectivity index (χ4n) is 2.23. The van der Waals surface area contributed by atoms with Crippen LogP contribution in [0.5, 0.6) is 11.5 Å². The van der Waals surface area contributed by atoms with Gasteiger partial charge >= 0.3 is 17.8 Å². The number of carbonyl (C=O) groups is 3. The summed E-state index contributed by atoms with van der Waals surface area (Å²) in [6.45, 7) is 8.45. The lowest BCUT2D eigenvalue weighted by Crippen LogP contribution is -2.36. The minimum atomic E-state index is -1.05. The molecule has 1 amide bonds. The van der Waals surface area contributed by atoms with Gasteiger partial charge in [0.2, 0.25) is 0 Å². The molecule has 0 heterocycles. The summed E-state index contributed by atoms with van der Waals surface area (Å²) in [4.78, 5) is 36.4. The molecule has 0 unspecified atom stereocenters. The largest absolute Gasteiger partial charge is 0.497 e. The average Bonchev–Trinajstić information content (AvgIpc) is 2.65. The van der Waals surface area contributed by atoms with Gasteiger partial charge in [0.15, 0.2) is 0 Å². The fourth-order valence-corrected chi connectivity index (χ4v) is 2.23. The number of esters is 2. The van der Waals surface area contributed by atoms with E-state index in [1.54, 1.807) is 66.0 Å². The highest BCUT2D eigenvalue weighted by molar-refractivity contribution is 6.33. The van der Waals surface area contributed by atoms with Crippen LogP contribution >= 0.6 is 0 Å². The Kier molecular flexibility index (Phi) is 9.18. The molecule has 8 heteroatoms. The summed E-state index contributed by atoms with van der Waals surface area (Å²) in [5.74, 6) is -1.48. The van der Waals surface area contributed by atoms with Gasteiger partial charge in [-0.05, 0) is 58.4 Å². The molecule has 0 aromatic heterocycles. The van der Waals surface area contributed by atoms with Crippen LogP contribution in [0.2, 0.25) is 0 Å². The Morgan fingerprint density at radius 2 is 1.55 bits per heavy atom. The van der Waals surface area contributed by atoms with Gasteiger partial charge in [0, 0.05) is 0 Å². The topological polar surface area (TPSA) is 100 Å². The molecular weight excluding hydrogens is 378 g/mol. The van der Waals surface area contributed by atoms with Crippen LogP contribution in [0.1, 0.15) is 41.0 Å². The van der Waals surface area contributed by atoms with Gasteiger partial charge in [-0.15, -0.1) is 0 Å². The first kappa shape index (κ1) is 24.0. The first-order chi connectivity index (χ1) is 13.6. The van der Waals surface area contributed by atoms with E-state index in [2.05, 4.69) is 5.32 Å². The second-order valence-corrected chi connectivity index (χ2v) is 6.95. The van der Waals surface area contributed by atoms with Gasteiger partial charge in [-0.2, -0.15) is 0 Å². The Balaban J connectivity index is 3.11. The summed E-state index contributed by atoms with van der Waals surface area (Å²) in [5, 5.41) is 2.43. The van der Waals surface area contributed by atoms with Crippen LogP contribution < -0.4 is 14.8 Å². The third kappa shape index (κ3) is 8.25. The van der Waals surface area contributed by atoms with E-state index in [4.69, 9.17) is 18.9 Å². The predicted octanol–water partition coefficient (Wildman–Crippen LogP) is 2.76. The summed E-state index contributed by atoms with van der Waals surface area (Å²) in [7, 11) is 1.55. The number of benzene rings is 1. The number of rotatable bonds is 8. The number of methoxy groups -OCH3 is 1. The van der Waals surface area contributed by atoms with Gasteiger partial charge < -0.3 is 24.3 Å². The van der Waals surface area contributed by atoms with E-state index in [0.717, 1.165) is 0 Å². The number of carbonyl (C=O) groups excluding carboxylic acids is 3. The molecule has 1 aromatic carbocycles. The zero-order chi connectivity index (χ0) is 22.0. The van der Waals surface area contributed by atoms with E-state index >= 15 is 0 Å². The summed E-state index contributed by atoms with van der Waals surface area (Å²) in [5.41, 5.74) is -0.383. The lowest BCUT2D eigenvalue weighted by Gasteiger charge is -2.22. The maximum atomic E-state index is 12.6. The highest BCUT2D eigenvalue weighted by atomic mass is 16.6. The van der Waals surface area contributed by atoms with E-state index in [1.165, 1.54) is 0 Å². The maximum Gasteiger partial charge on any atom is 0.397 e. The molecule has 0 radical (unpaired) electrons. The van der Waals surface area contributed by atoms with E-state index in [1.807, 2.05) is 0 Å². The summed E-state index contributed by atoms with van der Waals surface area (Å²) in [6, 6.07) is 6.79. The summed E-state index contributed by atoms with van der Waals surface area (Å²) < 4.78 is 20.9. The van der Waals surface area contributed by atoms with Crippen LogP contribution in [0, 0.1) is 0 Å². The average molecular weight is 407 g/mol. The minimum Gasteiger partial charge on any atom is -0.497 e. The molecule has 8 nitrogen and oxygen atoms in total. The highest BCUT2D eigenvalue weighted by Gasteiger charge is 2.25. The third-order valence-corrected chi connectivity index (χ3v) is 3.53. The van der Waals surface area contributed by atoms with Crippen LogP contribution in [0.4, 0.5) is 0 Å². The van der Waals surface area contributed by atoms with Crippen molar-refractivity contribution in [2.45, 2.75) is 46.6 Å². The van der Waals surface area contributed by atoms with Crippen LogP contribution in [0.25, 0.3) is 0 Å². The van der Waals surface area contributed by atoms with Gasteiger partial charge in [-0.25, -0.2) is 9.59 Å². The predicted molar refractivity (Wildman–Crippen MR) is 106 cm³/mol. The van der Waals surface area contributed by atoms with Crippen molar-refractivity contribution in [2.75, 3.05) is 20.3 Å². The Morgan fingerprint density at radius 1 is 0.966 bits per heavy atom. The maximum absolute atomic E-state index is 12.6. The number of hydrogen-bond donors (Lipinski definition) is 1. The molecule has 0 fully saturated rings. The number of amides is 1. The standard InChI is InChI=1S/C21H29NO7/c1-7-16(19(24)29-21(3,4)5)17(22-18(23)20(25)27-8-2)13-28-15-11-9-14(26-6)10-12-15/h9-12H,7-8,13H2,1-6H3,(H,22,23)/b17-16+. The zero-order valence-electron chi connectivity index (χ0n) is 17.8. The van der Waals surface area contributed by atoms with Gasteiger partial charge in [0.25, 0.3) is 0 Å². The minimum absolute atomic E-state index is 0.0559. The molecule has 1 rings (SSSR count). The molecule has 0 aliphatic heterocycles. The second kappa shape index (κ2) is 11.1. The molecular formula is C21H29NO7. The zero-order valence-corrected chi connectivity index (χ0v) is 17.8. The first-order valence-corrected chi connectivity index (χ1v) is 9.31. The van der Waals surface area contributed by atoms with E-state index in [-0.39, 0.29) is 30.9 Å². The van der Waals surface area contributed by atoms with Crippen molar-refractivity contribution in [2.24, 2.45) is 0 Å². The van der Waals surface area contributed by atoms with E-state index in [0.29, 0.717) is 11.5 Å². The smallest absolute Gasteiger partial charge is 0.397 e. The lowest BCUT2D eigenvalue weighted by molar-refractivity contribution is -0.154. The lowest BCUT2D eigenvalue weighted by atomic mass is 10.1. The third-order valence-electron chi connectivity index (χ3n) is 3.53. The van der Waals surface area contributed by atoms with Crippen LogP contribution in [0.3, 0.4) is 0 Å². The van der Waals surface area contributed by atoms with Crippen molar-refractivity contribution < 1.29 is 33.3 Å². The van der Waals surface area contributed by atoms with Gasteiger partial charge in [-0.3, -0.25) is 4.79 Å². The van der Waals surface area contributed by atoms with Crippen LogP contribution in [0.15, 0.2) is 35.5 Å². The molecule has 0 bridgehead atoms. The molecule has 0 aliphatic carbocycles. The van der Waals surface area contributed by atoms with Crippen molar-refractivity contribution in [1.29, 1.82) is 0 Å². The quantitative estimate of drug-likeness (QED) is 0.402. The Hall–Kier alpha value is -3.03. The molecule has 0 aliphatic rings. The Bertz CT molecular complexity index is 745. The highest BCUT2D eigenvalue weighted by Crippen LogP contribution is 2.19. The molecule has 0 saturated heterocycles. The summed E-state index contributed by atoms with van der Waals surface area (Å²) >= 11 is 0. The summed E-state index contributed by atoms with van der Waals surface area (Å²) in [6.07, 6.45) is 0.263.